The second-order valence-electron chi connectivity index (χ2n) is 8.93. The number of rotatable bonds is 11. The number of aromatic nitrogens is 2. The van der Waals surface area contributed by atoms with Crippen LogP contribution in [0.4, 0.5) is 0 Å². The van der Waals surface area contributed by atoms with Crippen LogP contribution in [-0.2, 0) is 13.1 Å². The molecule has 0 spiro atoms. The standard InChI is InChI=1S/C31H27N3O5S/c1-2-38-24-13-10-22(11-14-24)28(35)20-40-31-33-27-17-23(29(36)32-18-25-9-6-16-39-25)12-15-26(27)30(37)34(31)19-21-7-4-3-5-8-21/h3-17H,2,18-20H2,1H3,(H,32,36). The van der Waals surface area contributed by atoms with Crippen molar-refractivity contribution >= 4 is 34.4 Å². The normalized spacial score (nSPS) is 10.9. The van der Waals surface area contributed by atoms with E-state index in [0.717, 1.165) is 5.56 Å². The number of thioether (sulfide) groups is 1. The van der Waals surface area contributed by atoms with E-state index < -0.39 is 0 Å². The molecule has 2 heterocycles. The first-order valence-electron chi connectivity index (χ1n) is 12.8. The van der Waals surface area contributed by atoms with Gasteiger partial charge in [-0.05, 0) is 67.1 Å². The number of furan rings is 1. The highest BCUT2D eigenvalue weighted by Gasteiger charge is 2.17. The topological polar surface area (TPSA) is 103 Å². The number of carbonyl (C=O) groups is 2. The zero-order chi connectivity index (χ0) is 27.9. The van der Waals surface area contributed by atoms with E-state index in [1.165, 1.54) is 11.8 Å². The lowest BCUT2D eigenvalue weighted by molar-refractivity contribution is 0.0947. The SMILES string of the molecule is CCOc1ccc(C(=O)CSc2nc3cc(C(=O)NCc4ccco4)ccc3c(=O)n2Cc2ccccc2)cc1. The molecular weight excluding hydrogens is 526 g/mol. The van der Waals surface area contributed by atoms with Gasteiger partial charge in [0.05, 0.1) is 42.6 Å². The number of hydrogen-bond acceptors (Lipinski definition) is 7. The Morgan fingerprint density at radius 1 is 0.975 bits per heavy atom. The lowest BCUT2D eigenvalue weighted by Gasteiger charge is -2.14. The number of amides is 1. The van der Waals surface area contributed by atoms with Gasteiger partial charge in [-0.15, -0.1) is 0 Å². The van der Waals surface area contributed by atoms with Crippen LogP contribution in [-0.4, -0.2) is 33.6 Å². The summed E-state index contributed by atoms with van der Waals surface area (Å²) < 4.78 is 12.3. The van der Waals surface area contributed by atoms with Crippen LogP contribution < -0.4 is 15.6 Å². The van der Waals surface area contributed by atoms with Crippen LogP contribution in [0.1, 0.15) is 39.0 Å². The number of nitrogens with zero attached hydrogens (tertiary/aromatic N) is 2. The maximum Gasteiger partial charge on any atom is 0.262 e. The molecule has 0 saturated carbocycles. The van der Waals surface area contributed by atoms with Crippen LogP contribution >= 0.6 is 11.8 Å². The molecule has 5 aromatic rings. The summed E-state index contributed by atoms with van der Waals surface area (Å²) in [6.45, 7) is 2.99. The Kier molecular flexibility index (Phi) is 8.41. The van der Waals surface area contributed by atoms with Crippen molar-refractivity contribution in [3.63, 3.8) is 0 Å². The van der Waals surface area contributed by atoms with Gasteiger partial charge in [0, 0.05) is 11.1 Å². The van der Waals surface area contributed by atoms with Gasteiger partial charge >= 0.3 is 0 Å². The molecular formula is C31H27N3O5S. The predicted octanol–water partition coefficient (Wildman–Crippen LogP) is 5.34. The van der Waals surface area contributed by atoms with Gasteiger partial charge in [0.1, 0.15) is 11.5 Å². The van der Waals surface area contributed by atoms with Gasteiger partial charge in [0.2, 0.25) is 0 Å². The Morgan fingerprint density at radius 2 is 1.75 bits per heavy atom. The fourth-order valence-corrected chi connectivity index (χ4v) is 5.05. The molecule has 9 heteroatoms. The number of ether oxygens (including phenoxy) is 1. The number of hydrogen-bond donors (Lipinski definition) is 1. The smallest absolute Gasteiger partial charge is 0.262 e. The van der Waals surface area contributed by atoms with Crippen molar-refractivity contribution in [1.29, 1.82) is 0 Å². The first-order chi connectivity index (χ1) is 19.5. The summed E-state index contributed by atoms with van der Waals surface area (Å²) >= 11 is 1.19. The summed E-state index contributed by atoms with van der Waals surface area (Å²) in [6.07, 6.45) is 1.54. The molecule has 0 bridgehead atoms. The van der Waals surface area contributed by atoms with Crippen LogP contribution in [0, 0.1) is 0 Å². The van der Waals surface area contributed by atoms with Crippen molar-refractivity contribution < 1.29 is 18.7 Å². The molecule has 1 amide bonds. The second-order valence-corrected chi connectivity index (χ2v) is 9.88. The lowest BCUT2D eigenvalue weighted by atomic mass is 10.1. The monoisotopic (exact) mass is 553 g/mol. The van der Waals surface area contributed by atoms with Gasteiger partial charge < -0.3 is 14.5 Å². The van der Waals surface area contributed by atoms with Crippen molar-refractivity contribution in [2.45, 2.75) is 25.2 Å². The highest BCUT2D eigenvalue weighted by atomic mass is 32.2. The van der Waals surface area contributed by atoms with E-state index in [4.69, 9.17) is 14.1 Å². The summed E-state index contributed by atoms with van der Waals surface area (Å²) in [5.41, 5.74) is 1.99. The molecule has 0 atom stereocenters. The zero-order valence-electron chi connectivity index (χ0n) is 21.8. The number of benzene rings is 3. The average molecular weight is 554 g/mol. The number of nitrogens with one attached hydrogen (secondary N) is 1. The molecule has 0 aliphatic carbocycles. The van der Waals surface area contributed by atoms with Crippen LogP contribution in [0.5, 0.6) is 5.75 Å². The minimum Gasteiger partial charge on any atom is -0.494 e. The van der Waals surface area contributed by atoms with E-state index in [2.05, 4.69) is 5.32 Å². The predicted molar refractivity (Wildman–Crippen MR) is 154 cm³/mol. The van der Waals surface area contributed by atoms with E-state index in [-0.39, 0.29) is 29.5 Å². The van der Waals surface area contributed by atoms with E-state index >= 15 is 0 Å². The molecule has 3 aromatic carbocycles. The zero-order valence-corrected chi connectivity index (χ0v) is 22.6. The summed E-state index contributed by atoms with van der Waals surface area (Å²) in [4.78, 5) is 44.1. The molecule has 1 N–H and O–H groups in total. The van der Waals surface area contributed by atoms with Gasteiger partial charge in [-0.25, -0.2) is 4.98 Å². The summed E-state index contributed by atoms with van der Waals surface area (Å²) in [5.74, 6) is 1.01. The van der Waals surface area contributed by atoms with E-state index in [1.807, 2.05) is 37.3 Å². The molecule has 8 nitrogen and oxygen atoms in total. The van der Waals surface area contributed by atoms with Gasteiger partial charge in [-0.2, -0.15) is 0 Å². The minimum absolute atomic E-state index is 0.0873. The molecule has 202 valence electrons. The Morgan fingerprint density at radius 3 is 2.48 bits per heavy atom. The van der Waals surface area contributed by atoms with E-state index in [1.54, 1.807) is 65.4 Å². The largest absolute Gasteiger partial charge is 0.494 e. The Hall–Kier alpha value is -4.63. The molecule has 0 saturated heterocycles. The average Bonchev–Trinajstić information content (AvgIpc) is 3.51. The van der Waals surface area contributed by atoms with Crippen LogP contribution in [0.2, 0.25) is 0 Å². The third kappa shape index (κ3) is 6.32. The van der Waals surface area contributed by atoms with Gasteiger partial charge in [-0.1, -0.05) is 42.1 Å². The maximum atomic E-state index is 13.6. The molecule has 0 unspecified atom stereocenters. The van der Waals surface area contributed by atoms with Crippen LogP contribution in [0.25, 0.3) is 10.9 Å². The van der Waals surface area contributed by atoms with Crippen LogP contribution in [0.15, 0.2) is 106 Å². The molecule has 5 rings (SSSR count). The highest BCUT2D eigenvalue weighted by Crippen LogP contribution is 2.22. The van der Waals surface area contributed by atoms with Crippen molar-refractivity contribution in [2.24, 2.45) is 0 Å². The Bertz CT molecular complexity index is 1680. The fraction of sp³-hybridized carbons (Fsp3) is 0.161. The molecule has 0 aliphatic rings. The molecule has 2 aromatic heterocycles. The maximum absolute atomic E-state index is 13.6. The number of Topliss-reactive ketones (excluding diaryl/α,β-unsaturated/α-hetero) is 1. The van der Waals surface area contributed by atoms with Crippen molar-refractivity contribution in [3.05, 3.63) is 124 Å². The lowest BCUT2D eigenvalue weighted by Crippen LogP contribution is -2.25. The number of ketones is 1. The van der Waals surface area contributed by atoms with Crippen molar-refractivity contribution in [1.82, 2.24) is 14.9 Å². The molecule has 40 heavy (non-hydrogen) atoms. The van der Waals surface area contributed by atoms with Crippen LogP contribution in [0.3, 0.4) is 0 Å². The van der Waals surface area contributed by atoms with Crippen molar-refractivity contribution in [2.75, 3.05) is 12.4 Å². The first-order valence-corrected chi connectivity index (χ1v) is 13.8. The summed E-state index contributed by atoms with van der Waals surface area (Å²) in [5, 5.41) is 3.59. The molecule has 0 fully saturated rings. The fourth-order valence-electron chi connectivity index (χ4n) is 4.16. The number of fused-ring (bicyclic) bond motifs is 1. The quantitative estimate of drug-likeness (QED) is 0.134. The number of carbonyl (C=O) groups excluding carboxylic acids is 2. The molecule has 0 radical (unpaired) electrons. The highest BCUT2D eigenvalue weighted by molar-refractivity contribution is 7.99. The van der Waals surface area contributed by atoms with Gasteiger partial charge in [0.25, 0.3) is 11.5 Å². The summed E-state index contributed by atoms with van der Waals surface area (Å²) in [6, 6.07) is 24.9. The molecule has 0 aliphatic heterocycles. The second kappa shape index (κ2) is 12.5. The Balaban J connectivity index is 1.43. The first kappa shape index (κ1) is 27.0. The third-order valence-corrected chi connectivity index (χ3v) is 7.17. The van der Waals surface area contributed by atoms with Gasteiger partial charge in [-0.3, -0.25) is 19.0 Å². The summed E-state index contributed by atoms with van der Waals surface area (Å²) in [7, 11) is 0. The van der Waals surface area contributed by atoms with E-state index in [0.29, 0.717) is 51.8 Å². The van der Waals surface area contributed by atoms with E-state index in [9.17, 15) is 14.4 Å². The van der Waals surface area contributed by atoms with Crippen molar-refractivity contribution in [3.8, 4) is 5.75 Å². The van der Waals surface area contributed by atoms with Gasteiger partial charge in [0.15, 0.2) is 10.9 Å². The Labute approximate surface area is 235 Å². The minimum atomic E-state index is -0.312. The third-order valence-electron chi connectivity index (χ3n) is 6.19.